The van der Waals surface area contributed by atoms with Crippen LogP contribution in [0, 0.1) is 11.8 Å². The van der Waals surface area contributed by atoms with Crippen molar-refractivity contribution in [2.24, 2.45) is 11.8 Å². The van der Waals surface area contributed by atoms with E-state index in [0.29, 0.717) is 42.4 Å². The number of fused-ring (bicyclic) bond motifs is 3. The summed E-state index contributed by atoms with van der Waals surface area (Å²) >= 11 is 0. The molecule has 3 aromatic heterocycles. The van der Waals surface area contributed by atoms with E-state index in [4.69, 9.17) is 0 Å². The molecule has 1 fully saturated rings. The van der Waals surface area contributed by atoms with Crippen LogP contribution in [0.3, 0.4) is 0 Å². The van der Waals surface area contributed by atoms with E-state index in [-0.39, 0.29) is 17.5 Å². The molecule has 0 radical (unpaired) electrons. The molecule has 0 spiro atoms. The SMILES string of the molecule is C[C@H]1[C@H](C)CCC[C@@H]1NC(=O)CCCn1c(=O)c2cccn2c2cccnc21. The summed E-state index contributed by atoms with van der Waals surface area (Å²) in [4.78, 5) is 29.8. The van der Waals surface area contributed by atoms with Crippen LogP contribution in [0.2, 0.25) is 0 Å². The smallest absolute Gasteiger partial charge is 0.276 e. The molecule has 148 valence electrons. The van der Waals surface area contributed by atoms with Crippen molar-refractivity contribution in [2.75, 3.05) is 0 Å². The van der Waals surface area contributed by atoms with E-state index < -0.39 is 0 Å². The molecule has 0 aromatic carbocycles. The predicted octanol–water partition coefficient (Wildman–Crippen LogP) is 3.37. The second-order valence-electron chi connectivity index (χ2n) is 8.11. The second-order valence-corrected chi connectivity index (χ2v) is 8.11. The average molecular weight is 380 g/mol. The Hall–Kier alpha value is -2.63. The zero-order valence-electron chi connectivity index (χ0n) is 16.6. The Morgan fingerprint density at radius 1 is 1.21 bits per heavy atom. The number of aryl methyl sites for hydroxylation is 1. The zero-order chi connectivity index (χ0) is 19.7. The van der Waals surface area contributed by atoms with E-state index in [1.165, 1.54) is 12.8 Å². The van der Waals surface area contributed by atoms with E-state index in [1.54, 1.807) is 10.8 Å². The molecule has 6 nitrogen and oxygen atoms in total. The summed E-state index contributed by atoms with van der Waals surface area (Å²) < 4.78 is 3.57. The molecular formula is C22H28N4O2. The van der Waals surface area contributed by atoms with Gasteiger partial charge in [0, 0.05) is 31.4 Å². The number of carbonyl (C=O) groups excluding carboxylic acids is 1. The predicted molar refractivity (Wildman–Crippen MR) is 110 cm³/mol. The number of aromatic nitrogens is 3. The Labute approximate surface area is 164 Å². The van der Waals surface area contributed by atoms with Crippen LogP contribution in [0.15, 0.2) is 41.5 Å². The van der Waals surface area contributed by atoms with Crippen LogP contribution in [0.5, 0.6) is 0 Å². The van der Waals surface area contributed by atoms with Crippen LogP contribution in [0.4, 0.5) is 0 Å². The lowest BCUT2D eigenvalue weighted by Crippen LogP contribution is -2.43. The van der Waals surface area contributed by atoms with Gasteiger partial charge in [-0.3, -0.25) is 14.2 Å². The van der Waals surface area contributed by atoms with Gasteiger partial charge in [-0.15, -0.1) is 0 Å². The van der Waals surface area contributed by atoms with Gasteiger partial charge >= 0.3 is 0 Å². The minimum atomic E-state index is -0.0636. The molecule has 1 aliphatic carbocycles. The Morgan fingerprint density at radius 3 is 2.89 bits per heavy atom. The quantitative estimate of drug-likeness (QED) is 0.738. The Balaban J connectivity index is 1.46. The van der Waals surface area contributed by atoms with Crippen molar-refractivity contribution in [3.8, 4) is 0 Å². The third-order valence-corrected chi connectivity index (χ3v) is 6.33. The molecule has 3 aromatic rings. The Bertz CT molecular complexity index is 1050. The molecule has 1 saturated carbocycles. The third kappa shape index (κ3) is 3.43. The van der Waals surface area contributed by atoms with Gasteiger partial charge in [-0.05, 0) is 48.9 Å². The summed E-state index contributed by atoms with van der Waals surface area (Å²) in [5, 5.41) is 3.22. The molecule has 1 amide bonds. The van der Waals surface area contributed by atoms with Gasteiger partial charge in [-0.2, -0.15) is 0 Å². The van der Waals surface area contributed by atoms with Crippen LogP contribution < -0.4 is 10.9 Å². The van der Waals surface area contributed by atoms with Crippen LogP contribution in [0.25, 0.3) is 16.7 Å². The molecule has 6 heteroatoms. The molecule has 1 N–H and O–H groups in total. The van der Waals surface area contributed by atoms with E-state index in [2.05, 4.69) is 24.1 Å². The van der Waals surface area contributed by atoms with Crippen molar-refractivity contribution in [1.82, 2.24) is 19.3 Å². The topological polar surface area (TPSA) is 68.4 Å². The third-order valence-electron chi connectivity index (χ3n) is 6.33. The highest BCUT2D eigenvalue weighted by Gasteiger charge is 2.27. The second kappa shape index (κ2) is 7.78. The molecule has 1 aliphatic rings. The fourth-order valence-electron chi connectivity index (χ4n) is 4.45. The van der Waals surface area contributed by atoms with E-state index in [9.17, 15) is 9.59 Å². The van der Waals surface area contributed by atoms with Crippen LogP contribution in [-0.4, -0.2) is 25.9 Å². The summed E-state index contributed by atoms with van der Waals surface area (Å²) in [6, 6.07) is 7.80. The molecule has 28 heavy (non-hydrogen) atoms. The van der Waals surface area contributed by atoms with Crippen molar-refractivity contribution in [1.29, 1.82) is 0 Å². The number of hydrogen-bond donors (Lipinski definition) is 1. The molecular weight excluding hydrogens is 352 g/mol. The molecule has 0 unspecified atom stereocenters. The summed E-state index contributed by atoms with van der Waals surface area (Å²) in [7, 11) is 0. The normalized spacial score (nSPS) is 22.6. The summed E-state index contributed by atoms with van der Waals surface area (Å²) in [6.45, 7) is 4.99. The monoisotopic (exact) mass is 380 g/mol. The van der Waals surface area contributed by atoms with E-state index in [0.717, 1.165) is 11.9 Å². The molecule has 3 heterocycles. The first-order valence-electron chi connectivity index (χ1n) is 10.3. The van der Waals surface area contributed by atoms with Crippen LogP contribution in [0.1, 0.15) is 46.0 Å². The first kappa shape index (κ1) is 18.7. The average Bonchev–Trinajstić information content (AvgIpc) is 3.18. The first-order chi connectivity index (χ1) is 13.6. The van der Waals surface area contributed by atoms with Crippen LogP contribution >= 0.6 is 0 Å². The molecule has 0 bridgehead atoms. The summed E-state index contributed by atoms with van der Waals surface area (Å²) in [5.74, 6) is 1.26. The highest BCUT2D eigenvalue weighted by molar-refractivity contribution is 5.76. The fourth-order valence-corrected chi connectivity index (χ4v) is 4.45. The number of rotatable bonds is 5. The number of amides is 1. The Morgan fingerprint density at radius 2 is 2.04 bits per heavy atom. The number of nitrogens with one attached hydrogen (secondary N) is 1. The molecule has 4 rings (SSSR count). The minimum Gasteiger partial charge on any atom is -0.353 e. The number of hydrogen-bond acceptors (Lipinski definition) is 3. The van der Waals surface area contributed by atoms with Crippen molar-refractivity contribution in [2.45, 2.75) is 58.5 Å². The molecule has 3 atom stereocenters. The largest absolute Gasteiger partial charge is 0.353 e. The zero-order valence-corrected chi connectivity index (χ0v) is 16.6. The lowest BCUT2D eigenvalue weighted by Gasteiger charge is -2.34. The van der Waals surface area contributed by atoms with Gasteiger partial charge in [0.2, 0.25) is 5.91 Å². The lowest BCUT2D eigenvalue weighted by atomic mass is 9.78. The van der Waals surface area contributed by atoms with E-state index >= 15 is 0 Å². The maximum Gasteiger partial charge on any atom is 0.276 e. The van der Waals surface area contributed by atoms with Crippen molar-refractivity contribution < 1.29 is 4.79 Å². The highest BCUT2D eigenvalue weighted by Crippen LogP contribution is 2.29. The Kier molecular flexibility index (Phi) is 5.20. The van der Waals surface area contributed by atoms with Gasteiger partial charge < -0.3 is 9.72 Å². The highest BCUT2D eigenvalue weighted by atomic mass is 16.1. The van der Waals surface area contributed by atoms with Gasteiger partial charge in [0.05, 0.1) is 5.52 Å². The standard InChI is InChI=1S/C22H28N4O2/c1-15-7-3-8-17(16(15)2)24-20(27)11-6-14-26-21-18(9-4-12-23-21)25-13-5-10-19(25)22(26)28/h4-5,9-10,12-13,15-17H,3,6-8,11,14H2,1-2H3,(H,24,27)/t15-,16+,17+/m1/s1. The lowest BCUT2D eigenvalue weighted by molar-refractivity contribution is -0.122. The van der Waals surface area contributed by atoms with Gasteiger partial charge in [-0.1, -0.05) is 26.7 Å². The molecule has 0 aliphatic heterocycles. The number of pyridine rings is 1. The van der Waals surface area contributed by atoms with Crippen LogP contribution in [-0.2, 0) is 11.3 Å². The number of carbonyl (C=O) groups is 1. The maximum absolute atomic E-state index is 12.9. The maximum atomic E-state index is 12.9. The number of nitrogens with zero attached hydrogens (tertiary/aromatic N) is 3. The van der Waals surface area contributed by atoms with Crippen molar-refractivity contribution >= 4 is 22.6 Å². The minimum absolute atomic E-state index is 0.0636. The van der Waals surface area contributed by atoms with E-state index in [1.807, 2.05) is 34.9 Å². The van der Waals surface area contributed by atoms with Gasteiger partial charge in [0.1, 0.15) is 5.52 Å². The van der Waals surface area contributed by atoms with Crippen molar-refractivity contribution in [3.05, 3.63) is 47.0 Å². The fraction of sp³-hybridized carbons (Fsp3) is 0.500. The molecule has 0 saturated heterocycles. The summed E-state index contributed by atoms with van der Waals surface area (Å²) in [5.41, 5.74) is 2.13. The first-order valence-corrected chi connectivity index (χ1v) is 10.3. The summed E-state index contributed by atoms with van der Waals surface area (Å²) in [6.07, 6.45) is 8.11. The van der Waals surface area contributed by atoms with Crippen molar-refractivity contribution in [3.63, 3.8) is 0 Å². The van der Waals surface area contributed by atoms with Gasteiger partial charge in [0.25, 0.3) is 5.56 Å². The van der Waals surface area contributed by atoms with Gasteiger partial charge in [0.15, 0.2) is 5.65 Å². The van der Waals surface area contributed by atoms with Gasteiger partial charge in [-0.25, -0.2) is 4.98 Å².